The molecular weight excluding hydrogens is 735 g/mol. The van der Waals surface area contributed by atoms with Crippen LogP contribution in [0.5, 0.6) is 0 Å². The fourth-order valence-electron chi connectivity index (χ4n) is 4.06. The Morgan fingerprint density at radius 3 is 2.56 bits per heavy atom. The van der Waals surface area contributed by atoms with Crippen molar-refractivity contribution in [2.24, 2.45) is 10.6 Å². The van der Waals surface area contributed by atoms with Crippen molar-refractivity contribution in [3.05, 3.63) is 22.6 Å². The van der Waals surface area contributed by atoms with Crippen LogP contribution in [0.15, 0.2) is 26.3 Å². The Hall–Kier alpha value is -4.02. The Balaban J connectivity index is 1.43. The van der Waals surface area contributed by atoms with Gasteiger partial charge in [-0.1, -0.05) is 28.3 Å². The number of nitrogens with two attached hydrogens (primary N) is 1. The number of carbonyl (C=O) groups excluding carboxylic acids is 5. The number of β-lactam (4-membered cyclic amide) rings is 1. The van der Waals surface area contributed by atoms with E-state index in [-0.39, 0.29) is 35.5 Å². The van der Waals surface area contributed by atoms with Crippen molar-refractivity contribution in [2.75, 3.05) is 37.2 Å². The maximum absolute atomic E-state index is 13.6. The maximum atomic E-state index is 13.6. The van der Waals surface area contributed by atoms with Gasteiger partial charge in [0, 0.05) is 36.0 Å². The van der Waals surface area contributed by atoms with Crippen molar-refractivity contribution in [1.29, 1.82) is 0 Å². The largest absolute Gasteiger partial charge is 0.444 e. The fraction of sp³-hybridized carbons (Fsp3) is 0.571. The molecule has 2 aromatic rings. The number of carbonyl (C=O) groups is 5. The number of amides is 3. The molecule has 1 fully saturated rings. The molecule has 2 aromatic heterocycles. The van der Waals surface area contributed by atoms with Gasteiger partial charge >= 0.3 is 18.0 Å². The third kappa shape index (κ3) is 10.5. The van der Waals surface area contributed by atoms with Gasteiger partial charge in [-0.25, -0.2) is 9.59 Å². The van der Waals surface area contributed by atoms with Gasteiger partial charge < -0.3 is 35.4 Å². The zero-order valence-electron chi connectivity index (χ0n) is 28.0. The highest BCUT2D eigenvalue weighted by Gasteiger charge is 2.55. The van der Waals surface area contributed by atoms with E-state index in [0.29, 0.717) is 27.8 Å². The third-order valence-corrected chi connectivity index (χ3v) is 10.2. The standard InChI is InChI=1S/C28H37N9O9S4/c1-27(2,3)23(41)44-13-43-22(40)17-14(11-48-26-34-31-12-49-26)10-47-21-16(20(39)37(17)21)32-19(38)15(18-33-24(29)50-36-18)35-45-9-7-8-30-25(42)46-28(4,5)6/h12,16,21H,7-11,13H2,1-6H3,(H,30,42)(H,32,38)(H2,29,33,36)/t16?,21-/m1/s1. The van der Waals surface area contributed by atoms with E-state index >= 15 is 0 Å². The molecule has 0 spiro atoms. The Bertz CT molecular complexity index is 1630. The lowest BCUT2D eigenvalue weighted by atomic mass is 9.98. The predicted octanol–water partition coefficient (Wildman–Crippen LogP) is 2.14. The Kier molecular flexibility index (Phi) is 13.0. The second-order valence-electron chi connectivity index (χ2n) is 12.5. The molecule has 0 aliphatic carbocycles. The highest BCUT2D eigenvalue weighted by molar-refractivity contribution is 8.01. The molecule has 1 saturated heterocycles. The minimum Gasteiger partial charge on any atom is -0.444 e. The van der Waals surface area contributed by atoms with Crippen molar-refractivity contribution >= 4 is 87.1 Å². The first-order chi connectivity index (χ1) is 23.5. The normalized spacial score (nSPS) is 17.8. The molecule has 4 rings (SSSR count). The van der Waals surface area contributed by atoms with Crippen molar-refractivity contribution < 1.29 is 43.0 Å². The lowest BCUT2D eigenvalue weighted by molar-refractivity contribution is -0.173. The summed E-state index contributed by atoms with van der Waals surface area (Å²) in [7, 11) is 0. The van der Waals surface area contributed by atoms with Crippen LogP contribution in [0.4, 0.5) is 9.93 Å². The lowest BCUT2D eigenvalue weighted by Gasteiger charge is -2.49. The summed E-state index contributed by atoms with van der Waals surface area (Å²) in [5, 5.41) is 16.4. The van der Waals surface area contributed by atoms with Crippen LogP contribution in [0.1, 0.15) is 53.8 Å². The molecule has 0 bridgehead atoms. The van der Waals surface area contributed by atoms with E-state index in [1.165, 1.54) is 39.8 Å². The van der Waals surface area contributed by atoms with Crippen LogP contribution in [0.2, 0.25) is 0 Å². The highest BCUT2D eigenvalue weighted by Crippen LogP contribution is 2.42. The predicted molar refractivity (Wildman–Crippen MR) is 185 cm³/mol. The second kappa shape index (κ2) is 16.8. The zero-order valence-corrected chi connectivity index (χ0v) is 31.3. The molecule has 4 N–H and O–H groups in total. The topological polar surface area (TPSA) is 240 Å². The first-order valence-corrected chi connectivity index (χ1v) is 18.7. The van der Waals surface area contributed by atoms with Gasteiger partial charge in [0.2, 0.25) is 18.3 Å². The first-order valence-electron chi connectivity index (χ1n) is 15.0. The van der Waals surface area contributed by atoms with Gasteiger partial charge in [-0.15, -0.1) is 22.0 Å². The van der Waals surface area contributed by atoms with Crippen LogP contribution >= 0.6 is 46.4 Å². The Morgan fingerprint density at radius 2 is 1.92 bits per heavy atom. The van der Waals surface area contributed by atoms with E-state index in [0.717, 1.165) is 11.5 Å². The summed E-state index contributed by atoms with van der Waals surface area (Å²) < 4.78 is 20.3. The summed E-state index contributed by atoms with van der Waals surface area (Å²) in [4.78, 5) is 75.0. The molecule has 2 atom stereocenters. The van der Waals surface area contributed by atoms with Crippen molar-refractivity contribution in [1.82, 2.24) is 35.1 Å². The number of aromatic nitrogens is 4. The van der Waals surface area contributed by atoms with E-state index in [1.807, 2.05) is 0 Å². The molecule has 4 heterocycles. The van der Waals surface area contributed by atoms with Crippen molar-refractivity contribution in [3.8, 4) is 0 Å². The quantitative estimate of drug-likeness (QED) is 0.0474. The lowest BCUT2D eigenvalue weighted by Crippen LogP contribution is -2.71. The molecule has 22 heteroatoms. The average molecular weight is 772 g/mol. The van der Waals surface area contributed by atoms with Gasteiger partial charge in [0.1, 0.15) is 34.8 Å². The number of hydrogen-bond donors (Lipinski definition) is 3. The number of thioether (sulfide) groups is 2. The number of nitrogen functional groups attached to an aromatic ring is 1. The third-order valence-electron chi connectivity index (χ3n) is 6.33. The smallest absolute Gasteiger partial charge is 0.407 e. The van der Waals surface area contributed by atoms with Gasteiger partial charge in [0.05, 0.1) is 5.41 Å². The van der Waals surface area contributed by atoms with E-state index in [4.69, 9.17) is 24.8 Å². The van der Waals surface area contributed by atoms with Crippen molar-refractivity contribution in [2.45, 2.75) is 69.3 Å². The minimum atomic E-state index is -1.05. The van der Waals surface area contributed by atoms with Crippen LogP contribution in [0.3, 0.4) is 0 Å². The van der Waals surface area contributed by atoms with E-state index in [2.05, 4.69) is 35.3 Å². The summed E-state index contributed by atoms with van der Waals surface area (Å²) in [6, 6.07) is -1.05. The summed E-state index contributed by atoms with van der Waals surface area (Å²) >= 11 is 4.84. The van der Waals surface area contributed by atoms with Gasteiger partial charge in [-0.2, -0.15) is 9.36 Å². The molecule has 0 aromatic carbocycles. The molecule has 3 amide bonds. The molecular formula is C28H37N9O9S4. The van der Waals surface area contributed by atoms with Crippen LogP contribution in [-0.2, 0) is 38.2 Å². The number of anilines is 1. The number of nitrogens with one attached hydrogen (secondary N) is 2. The summed E-state index contributed by atoms with van der Waals surface area (Å²) in [5.74, 6) is -2.30. The number of oxime groups is 1. The molecule has 1 unspecified atom stereocenters. The number of hydrogen-bond acceptors (Lipinski definition) is 19. The number of ether oxygens (including phenoxy) is 3. The molecule has 272 valence electrons. The number of fused-ring (bicyclic) bond motifs is 1. The van der Waals surface area contributed by atoms with Gasteiger partial charge in [-0.05, 0) is 47.1 Å². The Morgan fingerprint density at radius 1 is 1.16 bits per heavy atom. The first kappa shape index (κ1) is 38.8. The van der Waals surface area contributed by atoms with Crippen LogP contribution in [-0.4, -0.2) is 108 Å². The fourth-order valence-corrected chi connectivity index (χ4v) is 7.46. The van der Waals surface area contributed by atoms with Gasteiger partial charge in [0.15, 0.2) is 9.47 Å². The van der Waals surface area contributed by atoms with Gasteiger partial charge in [-0.3, -0.25) is 19.3 Å². The number of alkyl carbamates (subject to hydrolysis) is 1. The second-order valence-corrected chi connectivity index (χ2v) is 16.5. The number of esters is 2. The Labute approximate surface area is 303 Å². The highest BCUT2D eigenvalue weighted by atomic mass is 32.2. The SMILES string of the molecule is CC(C)(C)OC(=O)NCCCON=C(C(=O)NC1C(=O)N2C(C(=O)OCOC(=O)C(C)(C)C)=C(CSc3nncs3)CS[C@H]12)c1nsc(N)n1. The molecule has 0 radical (unpaired) electrons. The summed E-state index contributed by atoms with van der Waals surface area (Å²) in [5.41, 5.74) is 6.12. The molecule has 50 heavy (non-hydrogen) atoms. The zero-order chi connectivity index (χ0) is 36.6. The minimum absolute atomic E-state index is 0.000714. The summed E-state index contributed by atoms with van der Waals surface area (Å²) in [6.45, 7) is 9.81. The molecule has 2 aliphatic rings. The van der Waals surface area contributed by atoms with E-state index < -0.39 is 59.1 Å². The van der Waals surface area contributed by atoms with Gasteiger partial charge in [0.25, 0.3) is 11.8 Å². The molecule has 2 aliphatic heterocycles. The molecule has 18 nitrogen and oxygen atoms in total. The maximum Gasteiger partial charge on any atom is 0.407 e. The van der Waals surface area contributed by atoms with E-state index in [1.54, 1.807) is 47.1 Å². The molecule has 0 saturated carbocycles. The monoisotopic (exact) mass is 771 g/mol. The number of rotatable bonds is 14. The van der Waals surface area contributed by atoms with E-state index in [9.17, 15) is 24.0 Å². The summed E-state index contributed by atoms with van der Waals surface area (Å²) in [6.07, 6.45) is -0.250. The average Bonchev–Trinajstić information content (AvgIpc) is 3.72. The number of nitrogens with zero attached hydrogens (tertiary/aromatic N) is 6. The van der Waals surface area contributed by atoms with Crippen LogP contribution < -0.4 is 16.4 Å². The van der Waals surface area contributed by atoms with Crippen molar-refractivity contribution in [3.63, 3.8) is 0 Å². The van der Waals surface area contributed by atoms with Crippen LogP contribution in [0.25, 0.3) is 0 Å². The van der Waals surface area contributed by atoms with Crippen LogP contribution in [0, 0.1) is 5.41 Å².